The summed E-state index contributed by atoms with van der Waals surface area (Å²) in [4.78, 5) is 1.43. The summed E-state index contributed by atoms with van der Waals surface area (Å²) in [6.45, 7) is 0. The van der Waals surface area contributed by atoms with Gasteiger partial charge in [-0.1, -0.05) is 47.7 Å². The number of benzene rings is 1. The molecule has 5 heteroatoms. The van der Waals surface area contributed by atoms with Crippen LogP contribution in [0.3, 0.4) is 0 Å². The lowest BCUT2D eigenvalue weighted by Gasteiger charge is -2.06. The molecule has 0 radical (unpaired) electrons. The smallest absolute Gasteiger partial charge is 0.138 e. The van der Waals surface area contributed by atoms with Crippen LogP contribution in [0.25, 0.3) is 0 Å². The van der Waals surface area contributed by atoms with Crippen LogP contribution in [0.4, 0.5) is 0 Å². The zero-order chi connectivity index (χ0) is 14.5. The van der Waals surface area contributed by atoms with Crippen molar-refractivity contribution in [3.05, 3.63) is 68.3 Å². The summed E-state index contributed by atoms with van der Waals surface area (Å²) in [7, 11) is 0. The molecule has 2 aromatic heterocycles. The molecule has 1 aromatic carbocycles. The first kappa shape index (κ1) is 14.4. The Morgan fingerprint density at radius 1 is 1.00 bits per heavy atom. The molecule has 0 amide bonds. The Hall–Kier alpha value is -1.56. The summed E-state index contributed by atoms with van der Waals surface area (Å²) >= 11 is 3.44. The largest absolute Gasteiger partial charge is 0.318 e. The van der Waals surface area contributed by atoms with E-state index in [-0.39, 0.29) is 6.04 Å². The average Bonchev–Trinajstić information content (AvgIpc) is 3.19. The van der Waals surface area contributed by atoms with E-state index < -0.39 is 0 Å². The topological polar surface area (TPSA) is 51.8 Å². The Morgan fingerprint density at radius 3 is 2.62 bits per heavy atom. The molecule has 0 saturated carbocycles. The highest BCUT2D eigenvalue weighted by Crippen LogP contribution is 2.23. The molecule has 3 rings (SSSR count). The predicted octanol–water partition coefficient (Wildman–Crippen LogP) is 3.82. The van der Waals surface area contributed by atoms with E-state index in [0.717, 1.165) is 34.8 Å². The van der Waals surface area contributed by atoms with Gasteiger partial charge in [0, 0.05) is 11.3 Å². The van der Waals surface area contributed by atoms with Gasteiger partial charge in [-0.05, 0) is 29.9 Å². The van der Waals surface area contributed by atoms with Gasteiger partial charge in [-0.3, -0.25) is 0 Å². The third-order valence-corrected chi connectivity index (χ3v) is 5.30. The van der Waals surface area contributed by atoms with E-state index in [2.05, 4.69) is 27.7 Å². The highest BCUT2D eigenvalue weighted by molar-refractivity contribution is 7.11. The second-order valence-corrected chi connectivity index (χ2v) is 6.98. The lowest BCUT2D eigenvalue weighted by molar-refractivity contribution is 0.791. The van der Waals surface area contributed by atoms with Crippen LogP contribution in [-0.2, 0) is 12.8 Å². The van der Waals surface area contributed by atoms with E-state index in [1.54, 1.807) is 11.3 Å². The summed E-state index contributed by atoms with van der Waals surface area (Å²) in [6.07, 6.45) is 3.18. The number of aromatic nitrogens is 2. The summed E-state index contributed by atoms with van der Waals surface area (Å²) in [6, 6.07) is 14.2. The molecule has 2 N–H and O–H groups in total. The number of hydrogen-bond acceptors (Lipinski definition) is 5. The van der Waals surface area contributed by atoms with Gasteiger partial charge in [-0.25, -0.2) is 0 Å². The molecule has 0 saturated heterocycles. The lowest BCUT2D eigenvalue weighted by atomic mass is 10.1. The fourth-order valence-electron chi connectivity index (χ4n) is 2.16. The average molecular weight is 315 g/mol. The van der Waals surface area contributed by atoms with Crippen LogP contribution >= 0.6 is 22.7 Å². The first-order valence-electron chi connectivity index (χ1n) is 6.98. The van der Waals surface area contributed by atoms with Gasteiger partial charge in [0.1, 0.15) is 10.0 Å². The molecule has 3 nitrogen and oxygen atoms in total. The van der Waals surface area contributed by atoms with Crippen LogP contribution < -0.4 is 5.73 Å². The van der Waals surface area contributed by atoms with E-state index in [1.165, 1.54) is 4.88 Å². The number of aryl methyl sites for hydroxylation is 2. The number of rotatable bonds is 6. The molecular formula is C16H17N3S2. The van der Waals surface area contributed by atoms with E-state index >= 15 is 0 Å². The Labute approximate surface area is 132 Å². The molecule has 0 aliphatic carbocycles. The van der Waals surface area contributed by atoms with Crippen molar-refractivity contribution in [2.45, 2.75) is 25.3 Å². The zero-order valence-electron chi connectivity index (χ0n) is 11.6. The first-order valence-corrected chi connectivity index (χ1v) is 8.68. The van der Waals surface area contributed by atoms with Crippen LogP contribution in [0, 0.1) is 0 Å². The quantitative estimate of drug-likeness (QED) is 0.752. The van der Waals surface area contributed by atoms with Crippen LogP contribution in [0.1, 0.15) is 32.9 Å². The maximum atomic E-state index is 6.25. The van der Waals surface area contributed by atoms with Gasteiger partial charge in [0.25, 0.3) is 0 Å². The van der Waals surface area contributed by atoms with Gasteiger partial charge in [0.2, 0.25) is 0 Å². The van der Waals surface area contributed by atoms with Gasteiger partial charge in [0.15, 0.2) is 0 Å². The van der Waals surface area contributed by atoms with Gasteiger partial charge in [0.05, 0.1) is 6.04 Å². The molecule has 1 unspecified atom stereocenters. The van der Waals surface area contributed by atoms with Crippen LogP contribution in [0.2, 0.25) is 0 Å². The minimum atomic E-state index is -0.172. The van der Waals surface area contributed by atoms with E-state index in [1.807, 2.05) is 41.7 Å². The number of thiophene rings is 1. The number of nitrogens with zero attached hydrogens (tertiary/aromatic N) is 2. The molecule has 1 atom stereocenters. The minimum absolute atomic E-state index is 0.172. The zero-order valence-corrected chi connectivity index (χ0v) is 13.2. The lowest BCUT2D eigenvalue weighted by Crippen LogP contribution is -2.11. The summed E-state index contributed by atoms with van der Waals surface area (Å²) in [5.74, 6) is 0. The Morgan fingerprint density at radius 2 is 1.86 bits per heavy atom. The molecule has 0 bridgehead atoms. The Kier molecular flexibility index (Phi) is 4.75. The molecule has 108 valence electrons. The molecule has 0 spiro atoms. The first-order chi connectivity index (χ1) is 10.3. The van der Waals surface area contributed by atoms with Crippen molar-refractivity contribution in [1.82, 2.24) is 10.2 Å². The summed E-state index contributed by atoms with van der Waals surface area (Å²) in [5.41, 5.74) is 7.33. The standard InChI is InChI=1S/C16H17N3S2/c17-15(12-6-2-1-3-7-12)16-19-18-14(21-16)10-4-8-13-9-5-11-20-13/h1-3,5-7,9,11,15H,4,8,10,17H2. The number of hydrogen-bond donors (Lipinski definition) is 1. The third kappa shape index (κ3) is 3.75. The molecule has 2 heterocycles. The summed E-state index contributed by atoms with van der Waals surface area (Å²) < 4.78 is 0. The van der Waals surface area contributed by atoms with Crippen molar-refractivity contribution in [2.24, 2.45) is 5.73 Å². The normalized spacial score (nSPS) is 12.4. The van der Waals surface area contributed by atoms with Crippen LogP contribution in [-0.4, -0.2) is 10.2 Å². The van der Waals surface area contributed by atoms with Crippen molar-refractivity contribution in [1.29, 1.82) is 0 Å². The molecule has 0 fully saturated rings. The van der Waals surface area contributed by atoms with Gasteiger partial charge in [-0.15, -0.1) is 21.5 Å². The van der Waals surface area contributed by atoms with E-state index in [4.69, 9.17) is 5.73 Å². The van der Waals surface area contributed by atoms with Crippen LogP contribution in [0.15, 0.2) is 47.8 Å². The second-order valence-electron chi connectivity index (χ2n) is 4.86. The second kappa shape index (κ2) is 6.93. The van der Waals surface area contributed by atoms with Gasteiger partial charge in [-0.2, -0.15) is 0 Å². The van der Waals surface area contributed by atoms with Crippen molar-refractivity contribution < 1.29 is 0 Å². The summed E-state index contributed by atoms with van der Waals surface area (Å²) in [5, 5.41) is 12.6. The molecule has 0 aliphatic rings. The maximum absolute atomic E-state index is 6.25. The van der Waals surface area contributed by atoms with Crippen molar-refractivity contribution in [3.8, 4) is 0 Å². The Balaban J connectivity index is 1.58. The van der Waals surface area contributed by atoms with Gasteiger partial charge >= 0.3 is 0 Å². The molecule has 21 heavy (non-hydrogen) atoms. The highest BCUT2D eigenvalue weighted by atomic mass is 32.1. The molecule has 3 aromatic rings. The Bertz CT molecular complexity index is 662. The van der Waals surface area contributed by atoms with Crippen molar-refractivity contribution in [3.63, 3.8) is 0 Å². The number of nitrogens with two attached hydrogens (primary N) is 1. The molecular weight excluding hydrogens is 298 g/mol. The van der Waals surface area contributed by atoms with Crippen molar-refractivity contribution in [2.75, 3.05) is 0 Å². The fraction of sp³-hybridized carbons (Fsp3) is 0.250. The highest BCUT2D eigenvalue weighted by Gasteiger charge is 2.14. The predicted molar refractivity (Wildman–Crippen MR) is 88.7 cm³/mol. The monoisotopic (exact) mass is 315 g/mol. The SMILES string of the molecule is NC(c1ccccc1)c1nnc(CCCc2cccs2)s1. The molecule has 0 aliphatic heterocycles. The third-order valence-electron chi connectivity index (χ3n) is 3.30. The van der Waals surface area contributed by atoms with E-state index in [0.29, 0.717) is 0 Å². The maximum Gasteiger partial charge on any atom is 0.138 e. The fourth-order valence-corrected chi connectivity index (χ4v) is 3.83. The van der Waals surface area contributed by atoms with Gasteiger partial charge < -0.3 is 5.73 Å². The minimum Gasteiger partial charge on any atom is -0.318 e. The van der Waals surface area contributed by atoms with Crippen molar-refractivity contribution >= 4 is 22.7 Å². The van der Waals surface area contributed by atoms with E-state index in [9.17, 15) is 0 Å². The van der Waals surface area contributed by atoms with Crippen LogP contribution in [0.5, 0.6) is 0 Å².